The van der Waals surface area contributed by atoms with Crippen LogP contribution < -0.4 is 4.74 Å². The summed E-state index contributed by atoms with van der Waals surface area (Å²) in [6.45, 7) is 0. The van der Waals surface area contributed by atoms with E-state index in [-0.39, 0.29) is 16.7 Å². The third-order valence-corrected chi connectivity index (χ3v) is 3.65. The van der Waals surface area contributed by atoms with Gasteiger partial charge in [-0.2, -0.15) is 8.78 Å². The Morgan fingerprint density at radius 2 is 1.86 bits per heavy atom. The lowest BCUT2D eigenvalue weighted by Gasteiger charge is -2.38. The van der Waals surface area contributed by atoms with E-state index in [1.807, 2.05) is 0 Å². The molecule has 3 nitrogen and oxygen atoms in total. The third kappa shape index (κ3) is 1.96. The summed E-state index contributed by atoms with van der Waals surface area (Å²) in [6, 6.07) is 9.34. The number of fused-ring (bicyclic) bond motifs is 3. The van der Waals surface area contributed by atoms with E-state index in [1.165, 1.54) is 12.1 Å². The largest absolute Gasteiger partial charge is 0.454 e. The molecule has 116 valence electrons. The average Bonchev–Trinajstić information content (AvgIpc) is 2.46. The molecule has 0 amide bonds. The molecule has 1 aliphatic heterocycles. The van der Waals surface area contributed by atoms with Crippen molar-refractivity contribution in [3.63, 3.8) is 0 Å². The van der Waals surface area contributed by atoms with Gasteiger partial charge in [0.2, 0.25) is 0 Å². The number of alkyl halides is 4. The van der Waals surface area contributed by atoms with Gasteiger partial charge in [0.05, 0.1) is 12.0 Å². The molecular weight excluding hydrogens is 304 g/mol. The molecule has 0 saturated carbocycles. The van der Waals surface area contributed by atoms with E-state index in [9.17, 15) is 27.5 Å². The molecule has 0 aliphatic carbocycles. The van der Waals surface area contributed by atoms with Crippen molar-refractivity contribution in [3.8, 4) is 5.75 Å². The highest BCUT2D eigenvalue weighted by atomic mass is 19.3. The molecule has 1 aliphatic rings. The monoisotopic (exact) mass is 314 g/mol. The maximum absolute atomic E-state index is 13.6. The standard InChI is InChI=1S/C15H10F4O3/c16-13(17)15(18,19)14(21)7-11(20)10-6-5-8-3-1-2-4-9(8)12(10)22-14/h1-6,13,21H,7H2/t14-/m1/s1. The molecule has 1 heterocycles. The van der Waals surface area contributed by atoms with Gasteiger partial charge < -0.3 is 9.84 Å². The second-order valence-electron chi connectivity index (χ2n) is 5.07. The SMILES string of the molecule is O=C1C[C@](O)(C(F)(F)C(F)F)Oc2c1ccc1ccccc21. The van der Waals surface area contributed by atoms with Gasteiger partial charge in [-0.25, -0.2) is 8.78 Å². The fourth-order valence-electron chi connectivity index (χ4n) is 2.45. The number of carbonyl (C=O) groups is 1. The number of Topliss-reactive ketones (excluding diaryl/α,β-unsaturated/α-hetero) is 1. The van der Waals surface area contributed by atoms with Crippen molar-refractivity contribution in [2.45, 2.75) is 24.6 Å². The van der Waals surface area contributed by atoms with Crippen molar-refractivity contribution in [1.29, 1.82) is 0 Å². The molecular formula is C15H10F4O3. The zero-order chi connectivity index (χ0) is 16.1. The molecule has 0 unspecified atom stereocenters. The Morgan fingerprint density at radius 1 is 1.18 bits per heavy atom. The second-order valence-corrected chi connectivity index (χ2v) is 5.07. The fourth-order valence-corrected chi connectivity index (χ4v) is 2.45. The van der Waals surface area contributed by atoms with Crippen molar-refractivity contribution >= 4 is 16.6 Å². The number of rotatable bonds is 2. The number of ketones is 1. The van der Waals surface area contributed by atoms with E-state index in [2.05, 4.69) is 0 Å². The molecule has 0 saturated heterocycles. The van der Waals surface area contributed by atoms with Crippen LogP contribution >= 0.6 is 0 Å². The molecule has 2 aromatic rings. The molecule has 0 aromatic heterocycles. The maximum atomic E-state index is 13.6. The van der Waals surface area contributed by atoms with E-state index in [0.717, 1.165) is 0 Å². The minimum atomic E-state index is -4.88. The van der Waals surface area contributed by atoms with E-state index >= 15 is 0 Å². The van der Waals surface area contributed by atoms with Crippen molar-refractivity contribution in [3.05, 3.63) is 42.0 Å². The lowest BCUT2D eigenvalue weighted by Crippen LogP contribution is -2.59. The zero-order valence-corrected chi connectivity index (χ0v) is 11.0. The molecule has 1 N–H and O–H groups in total. The number of hydrogen-bond donors (Lipinski definition) is 1. The highest BCUT2D eigenvalue weighted by molar-refractivity contribution is 6.06. The Labute approximate surface area is 122 Å². The molecule has 0 radical (unpaired) electrons. The maximum Gasteiger partial charge on any atom is 0.371 e. The van der Waals surface area contributed by atoms with Crippen LogP contribution in [0.5, 0.6) is 5.75 Å². The van der Waals surface area contributed by atoms with Gasteiger partial charge in [0, 0.05) is 5.39 Å². The first-order chi connectivity index (χ1) is 10.3. The number of hydrogen-bond acceptors (Lipinski definition) is 3. The highest BCUT2D eigenvalue weighted by Gasteiger charge is 2.64. The van der Waals surface area contributed by atoms with Crippen LogP contribution in [-0.4, -0.2) is 29.0 Å². The van der Waals surface area contributed by atoms with Crippen LogP contribution in [-0.2, 0) is 0 Å². The summed E-state index contributed by atoms with van der Waals surface area (Å²) in [5.41, 5.74) is -0.0200. The van der Waals surface area contributed by atoms with E-state index in [1.54, 1.807) is 24.3 Å². The van der Waals surface area contributed by atoms with Gasteiger partial charge in [-0.15, -0.1) is 0 Å². The summed E-state index contributed by atoms with van der Waals surface area (Å²) in [5.74, 6) is -9.64. The third-order valence-electron chi connectivity index (χ3n) is 3.65. The van der Waals surface area contributed by atoms with Gasteiger partial charge in [0.15, 0.2) is 5.78 Å². The van der Waals surface area contributed by atoms with Crippen LogP contribution in [0, 0.1) is 0 Å². The number of ether oxygens (including phenoxy) is 1. The Balaban J connectivity index is 2.19. The van der Waals surface area contributed by atoms with Gasteiger partial charge in [-0.3, -0.25) is 4.79 Å². The molecule has 0 bridgehead atoms. The van der Waals surface area contributed by atoms with Gasteiger partial charge in [-0.05, 0) is 11.5 Å². The number of benzene rings is 2. The average molecular weight is 314 g/mol. The molecule has 1 atom stereocenters. The first-order valence-electron chi connectivity index (χ1n) is 6.38. The Kier molecular flexibility index (Phi) is 3.14. The molecule has 2 aromatic carbocycles. The number of aliphatic hydroxyl groups is 1. The molecule has 0 fully saturated rings. The lowest BCUT2D eigenvalue weighted by molar-refractivity contribution is -0.315. The summed E-state index contributed by atoms with van der Waals surface area (Å²) in [5, 5.41) is 10.7. The molecule has 22 heavy (non-hydrogen) atoms. The Hall–Kier alpha value is -2.15. The molecule has 3 rings (SSSR count). The predicted octanol–water partition coefficient (Wildman–Crippen LogP) is 3.39. The van der Waals surface area contributed by atoms with Crippen molar-refractivity contribution < 1.29 is 32.2 Å². The summed E-state index contributed by atoms with van der Waals surface area (Å²) < 4.78 is 57.2. The van der Waals surface area contributed by atoms with Gasteiger partial charge in [0.1, 0.15) is 5.75 Å². The first-order valence-corrected chi connectivity index (χ1v) is 6.38. The number of carbonyl (C=O) groups excluding carboxylic acids is 1. The minimum absolute atomic E-state index is 0.0200. The van der Waals surface area contributed by atoms with Crippen LogP contribution in [0.3, 0.4) is 0 Å². The second kappa shape index (κ2) is 4.67. The summed E-state index contributed by atoms with van der Waals surface area (Å²) in [4.78, 5) is 12.0. The quantitative estimate of drug-likeness (QED) is 0.864. The topological polar surface area (TPSA) is 46.5 Å². The number of halogens is 4. The molecule has 0 spiro atoms. The fraction of sp³-hybridized carbons (Fsp3) is 0.267. The van der Waals surface area contributed by atoms with Crippen LogP contribution in [0.1, 0.15) is 16.8 Å². The van der Waals surface area contributed by atoms with E-state index in [0.29, 0.717) is 5.39 Å². The predicted molar refractivity (Wildman–Crippen MR) is 69.4 cm³/mol. The zero-order valence-electron chi connectivity index (χ0n) is 11.0. The Morgan fingerprint density at radius 3 is 2.55 bits per heavy atom. The van der Waals surface area contributed by atoms with Gasteiger partial charge >= 0.3 is 12.3 Å². The van der Waals surface area contributed by atoms with Crippen LogP contribution in [0.15, 0.2) is 36.4 Å². The molecule has 7 heteroatoms. The van der Waals surface area contributed by atoms with E-state index < -0.39 is 30.3 Å². The van der Waals surface area contributed by atoms with Gasteiger partial charge in [-0.1, -0.05) is 30.3 Å². The lowest BCUT2D eigenvalue weighted by atomic mass is 9.92. The summed E-state index contributed by atoms with van der Waals surface area (Å²) in [7, 11) is 0. The Bertz CT molecular complexity index is 760. The smallest absolute Gasteiger partial charge is 0.371 e. The van der Waals surface area contributed by atoms with Crippen LogP contribution in [0.25, 0.3) is 10.8 Å². The summed E-state index contributed by atoms with van der Waals surface area (Å²) in [6.07, 6.45) is -5.41. The van der Waals surface area contributed by atoms with Crippen molar-refractivity contribution in [1.82, 2.24) is 0 Å². The van der Waals surface area contributed by atoms with Crippen molar-refractivity contribution in [2.75, 3.05) is 0 Å². The van der Waals surface area contributed by atoms with Crippen LogP contribution in [0.2, 0.25) is 0 Å². The first kappa shape index (κ1) is 14.8. The van der Waals surface area contributed by atoms with Crippen molar-refractivity contribution in [2.24, 2.45) is 0 Å². The summed E-state index contributed by atoms with van der Waals surface area (Å²) >= 11 is 0. The normalized spacial score (nSPS) is 21.8. The van der Waals surface area contributed by atoms with Crippen LogP contribution in [0.4, 0.5) is 17.6 Å². The van der Waals surface area contributed by atoms with Gasteiger partial charge in [0.25, 0.3) is 5.79 Å². The highest BCUT2D eigenvalue weighted by Crippen LogP contribution is 2.45. The van der Waals surface area contributed by atoms with E-state index in [4.69, 9.17) is 4.74 Å². The minimum Gasteiger partial charge on any atom is -0.454 e.